The van der Waals surface area contributed by atoms with Gasteiger partial charge in [-0.25, -0.2) is 4.79 Å². The third-order valence-electron chi connectivity index (χ3n) is 6.12. The topological polar surface area (TPSA) is 86.6 Å². The van der Waals surface area contributed by atoms with Crippen molar-refractivity contribution in [2.24, 2.45) is 0 Å². The molecule has 154 valence electrons. The number of carboxylic acids is 1. The SMILES string of the molecule is CCc1ccc(C2CC(=O)C3=C(C2)NC(C)=C(C(=O)O)C3c2cccc(O)c2)cc1. The Labute approximate surface area is 175 Å². The molecule has 0 aromatic heterocycles. The minimum absolute atomic E-state index is 0.0482. The van der Waals surface area contributed by atoms with Crippen molar-refractivity contribution in [1.29, 1.82) is 0 Å². The lowest BCUT2D eigenvalue weighted by molar-refractivity contribution is -0.133. The number of aliphatic carboxylic acids is 1. The number of carbonyl (C=O) groups excluding carboxylic acids is 1. The molecule has 2 aromatic carbocycles. The number of carboxylic acid groups (broad SMARTS) is 1. The number of nitrogens with one attached hydrogen (secondary N) is 1. The van der Waals surface area contributed by atoms with Gasteiger partial charge in [-0.05, 0) is 54.5 Å². The molecule has 2 unspecified atom stereocenters. The van der Waals surface area contributed by atoms with Crippen molar-refractivity contribution in [1.82, 2.24) is 5.32 Å². The molecule has 1 aliphatic carbocycles. The number of dihydropyridines is 1. The van der Waals surface area contributed by atoms with E-state index in [4.69, 9.17) is 0 Å². The van der Waals surface area contributed by atoms with E-state index in [1.165, 1.54) is 11.6 Å². The normalized spacial score (nSPS) is 21.3. The first-order valence-electron chi connectivity index (χ1n) is 10.2. The summed E-state index contributed by atoms with van der Waals surface area (Å²) in [6, 6.07) is 14.9. The molecule has 1 heterocycles. The molecule has 0 radical (unpaired) electrons. The number of hydrogen-bond acceptors (Lipinski definition) is 4. The summed E-state index contributed by atoms with van der Waals surface area (Å²) < 4.78 is 0. The third kappa shape index (κ3) is 3.52. The van der Waals surface area contributed by atoms with E-state index in [-0.39, 0.29) is 23.0 Å². The highest BCUT2D eigenvalue weighted by molar-refractivity contribution is 6.03. The Bertz CT molecular complexity index is 1080. The van der Waals surface area contributed by atoms with Crippen molar-refractivity contribution in [3.63, 3.8) is 0 Å². The van der Waals surface area contributed by atoms with Crippen molar-refractivity contribution in [2.45, 2.75) is 44.9 Å². The third-order valence-corrected chi connectivity index (χ3v) is 6.12. The highest BCUT2D eigenvalue weighted by Gasteiger charge is 2.40. The van der Waals surface area contributed by atoms with Crippen LogP contribution in [0.1, 0.15) is 55.2 Å². The summed E-state index contributed by atoms with van der Waals surface area (Å²) in [6.07, 6.45) is 1.95. The van der Waals surface area contributed by atoms with Crippen LogP contribution in [0.4, 0.5) is 0 Å². The maximum Gasteiger partial charge on any atom is 0.334 e. The van der Waals surface area contributed by atoms with Gasteiger partial charge >= 0.3 is 5.97 Å². The number of carbonyl (C=O) groups is 2. The average molecular weight is 403 g/mol. The van der Waals surface area contributed by atoms with Gasteiger partial charge in [0, 0.05) is 29.3 Å². The Kier molecular flexibility index (Phi) is 5.20. The predicted octanol–water partition coefficient (Wildman–Crippen LogP) is 4.40. The average Bonchev–Trinajstić information content (AvgIpc) is 2.72. The molecule has 5 nitrogen and oxygen atoms in total. The van der Waals surface area contributed by atoms with Gasteiger partial charge in [-0.3, -0.25) is 4.79 Å². The zero-order chi connectivity index (χ0) is 21.4. The maximum absolute atomic E-state index is 13.3. The molecule has 0 amide bonds. The Hall–Kier alpha value is -3.34. The van der Waals surface area contributed by atoms with E-state index >= 15 is 0 Å². The second-order valence-corrected chi connectivity index (χ2v) is 8.01. The number of aryl methyl sites for hydroxylation is 1. The number of rotatable bonds is 4. The summed E-state index contributed by atoms with van der Waals surface area (Å²) in [6.45, 7) is 3.84. The van der Waals surface area contributed by atoms with Crippen LogP contribution in [0.2, 0.25) is 0 Å². The van der Waals surface area contributed by atoms with E-state index < -0.39 is 11.9 Å². The van der Waals surface area contributed by atoms with Gasteiger partial charge in [0.05, 0.1) is 5.57 Å². The zero-order valence-electron chi connectivity index (χ0n) is 17.1. The minimum Gasteiger partial charge on any atom is -0.508 e. The predicted molar refractivity (Wildman–Crippen MR) is 114 cm³/mol. The number of Topliss-reactive ketones (excluding diaryl/α,β-unsaturated/α-hetero) is 1. The van der Waals surface area contributed by atoms with Crippen LogP contribution in [0.15, 0.2) is 71.1 Å². The summed E-state index contributed by atoms with van der Waals surface area (Å²) in [7, 11) is 0. The van der Waals surface area contributed by atoms with Crippen LogP contribution in [0, 0.1) is 0 Å². The smallest absolute Gasteiger partial charge is 0.334 e. The first kappa shape index (κ1) is 20.0. The van der Waals surface area contributed by atoms with Crippen LogP contribution in [-0.4, -0.2) is 22.0 Å². The molecule has 0 bridgehead atoms. The molecule has 2 atom stereocenters. The fourth-order valence-electron chi connectivity index (χ4n) is 4.62. The van der Waals surface area contributed by atoms with Crippen molar-refractivity contribution in [2.75, 3.05) is 0 Å². The van der Waals surface area contributed by atoms with E-state index in [9.17, 15) is 19.8 Å². The highest BCUT2D eigenvalue weighted by Crippen LogP contribution is 2.45. The maximum atomic E-state index is 13.3. The molecule has 1 aliphatic heterocycles. The molecule has 0 fully saturated rings. The van der Waals surface area contributed by atoms with E-state index in [0.717, 1.165) is 17.7 Å². The van der Waals surface area contributed by atoms with Crippen LogP contribution >= 0.6 is 0 Å². The largest absolute Gasteiger partial charge is 0.508 e. The minimum atomic E-state index is -1.06. The molecule has 2 aliphatic rings. The van der Waals surface area contributed by atoms with Gasteiger partial charge in [-0.2, -0.15) is 0 Å². The molecular formula is C25H25NO4. The van der Waals surface area contributed by atoms with Crippen molar-refractivity contribution in [3.8, 4) is 5.75 Å². The van der Waals surface area contributed by atoms with Gasteiger partial charge in [0.25, 0.3) is 0 Å². The summed E-state index contributed by atoms with van der Waals surface area (Å²) in [5.74, 6) is -1.70. The molecule has 3 N–H and O–H groups in total. The number of allylic oxidation sites excluding steroid dienone is 3. The highest BCUT2D eigenvalue weighted by atomic mass is 16.4. The summed E-state index contributed by atoms with van der Waals surface area (Å²) in [5, 5.41) is 23.0. The lowest BCUT2D eigenvalue weighted by Gasteiger charge is -2.36. The van der Waals surface area contributed by atoms with Crippen LogP contribution in [0.3, 0.4) is 0 Å². The Balaban J connectivity index is 1.77. The van der Waals surface area contributed by atoms with Gasteiger partial charge < -0.3 is 15.5 Å². The molecule has 2 aromatic rings. The number of phenolic OH excluding ortho intramolecular Hbond substituents is 1. The zero-order valence-corrected chi connectivity index (χ0v) is 17.1. The number of phenols is 1. The Morgan fingerprint density at radius 3 is 2.47 bits per heavy atom. The fraction of sp³-hybridized carbons (Fsp3) is 0.280. The van der Waals surface area contributed by atoms with Crippen molar-refractivity contribution in [3.05, 3.63) is 87.8 Å². The van der Waals surface area contributed by atoms with Crippen molar-refractivity contribution >= 4 is 11.8 Å². The van der Waals surface area contributed by atoms with Gasteiger partial charge in [-0.1, -0.05) is 43.3 Å². The summed E-state index contributed by atoms with van der Waals surface area (Å²) >= 11 is 0. The van der Waals surface area contributed by atoms with Crippen LogP contribution in [0.25, 0.3) is 0 Å². The first-order chi connectivity index (χ1) is 14.4. The fourth-order valence-corrected chi connectivity index (χ4v) is 4.62. The number of hydrogen-bond donors (Lipinski definition) is 3. The van der Waals surface area contributed by atoms with Crippen LogP contribution < -0.4 is 5.32 Å². The van der Waals surface area contributed by atoms with Crippen LogP contribution in [-0.2, 0) is 16.0 Å². The van der Waals surface area contributed by atoms with Crippen molar-refractivity contribution < 1.29 is 19.8 Å². The Morgan fingerprint density at radius 1 is 1.10 bits per heavy atom. The monoisotopic (exact) mass is 403 g/mol. The molecule has 30 heavy (non-hydrogen) atoms. The van der Waals surface area contributed by atoms with Gasteiger partial charge in [0.15, 0.2) is 5.78 Å². The van der Waals surface area contributed by atoms with Gasteiger partial charge in [0.1, 0.15) is 5.75 Å². The standard InChI is InChI=1S/C25H25NO4/c1-3-15-7-9-16(10-8-15)18-12-20-24(21(28)13-18)23(17-5-4-6-19(27)11-17)22(25(29)30)14(2)26-20/h4-11,18,23,26-27H,3,12-13H2,1-2H3,(H,29,30). The lowest BCUT2D eigenvalue weighted by Crippen LogP contribution is -2.35. The van der Waals surface area contributed by atoms with Gasteiger partial charge in [-0.15, -0.1) is 0 Å². The number of benzene rings is 2. The number of ketones is 1. The molecule has 4 rings (SSSR count). The van der Waals surface area contributed by atoms with E-state index in [1.54, 1.807) is 25.1 Å². The van der Waals surface area contributed by atoms with E-state index in [1.807, 2.05) is 0 Å². The number of aromatic hydroxyl groups is 1. The summed E-state index contributed by atoms with van der Waals surface area (Å²) in [5.41, 5.74) is 4.96. The quantitative estimate of drug-likeness (QED) is 0.704. The molecule has 5 heteroatoms. The van der Waals surface area contributed by atoms with Crippen LogP contribution in [0.5, 0.6) is 5.75 Å². The Morgan fingerprint density at radius 2 is 1.83 bits per heavy atom. The second-order valence-electron chi connectivity index (χ2n) is 8.01. The molecular weight excluding hydrogens is 378 g/mol. The second kappa shape index (κ2) is 7.82. The molecule has 0 saturated heterocycles. The van der Waals surface area contributed by atoms with Gasteiger partial charge in [0.2, 0.25) is 0 Å². The lowest BCUT2D eigenvalue weighted by atomic mass is 9.71. The first-order valence-corrected chi connectivity index (χ1v) is 10.2. The van der Waals surface area contributed by atoms with E-state index in [0.29, 0.717) is 29.7 Å². The molecule has 0 saturated carbocycles. The molecule has 0 spiro atoms. The van der Waals surface area contributed by atoms with E-state index in [2.05, 4.69) is 36.5 Å². The summed E-state index contributed by atoms with van der Waals surface area (Å²) in [4.78, 5) is 25.4.